The van der Waals surface area contributed by atoms with Gasteiger partial charge in [-0.15, -0.1) is 11.8 Å². The molecule has 0 fully saturated rings. The van der Waals surface area contributed by atoms with Crippen molar-refractivity contribution in [3.05, 3.63) is 30.1 Å². The van der Waals surface area contributed by atoms with E-state index >= 15 is 0 Å². The number of rotatable bonds is 6. The van der Waals surface area contributed by atoms with E-state index in [4.69, 9.17) is 10.5 Å². The minimum absolute atomic E-state index is 0.0469. The number of nitrogens with zero attached hydrogens (tertiary/aromatic N) is 1. The number of ether oxygens (including phenoxy) is 1. The molecule has 0 aromatic carbocycles. The average molecular weight is 240 g/mol. The molecule has 0 aliphatic rings. The highest BCUT2D eigenvalue weighted by molar-refractivity contribution is 8.00. The van der Waals surface area contributed by atoms with Crippen molar-refractivity contribution < 1.29 is 9.53 Å². The fraction of sp³-hybridized carbons (Fsp3) is 0.455. The van der Waals surface area contributed by atoms with Gasteiger partial charge in [0.05, 0.1) is 23.3 Å². The van der Waals surface area contributed by atoms with Crippen molar-refractivity contribution in [1.29, 1.82) is 0 Å². The lowest BCUT2D eigenvalue weighted by Gasteiger charge is -2.12. The van der Waals surface area contributed by atoms with Crippen molar-refractivity contribution in [2.45, 2.75) is 12.2 Å². The van der Waals surface area contributed by atoms with Gasteiger partial charge in [0.2, 0.25) is 0 Å². The third kappa shape index (κ3) is 4.20. The van der Waals surface area contributed by atoms with Crippen LogP contribution < -0.4 is 5.73 Å². The lowest BCUT2D eigenvalue weighted by atomic mass is 10.3. The first-order valence-corrected chi connectivity index (χ1v) is 6.21. The Labute approximate surface area is 99.6 Å². The van der Waals surface area contributed by atoms with Gasteiger partial charge >= 0.3 is 5.97 Å². The van der Waals surface area contributed by atoms with E-state index < -0.39 is 0 Å². The molecule has 4 nitrogen and oxygen atoms in total. The van der Waals surface area contributed by atoms with E-state index in [-0.39, 0.29) is 11.2 Å². The van der Waals surface area contributed by atoms with Crippen molar-refractivity contribution in [2.24, 2.45) is 5.73 Å². The number of aromatic nitrogens is 1. The summed E-state index contributed by atoms with van der Waals surface area (Å²) in [5.41, 5.74) is 6.55. The van der Waals surface area contributed by atoms with E-state index in [1.807, 2.05) is 18.2 Å². The van der Waals surface area contributed by atoms with Crippen LogP contribution in [0.2, 0.25) is 0 Å². The molecule has 0 saturated carbocycles. The fourth-order valence-electron chi connectivity index (χ4n) is 1.21. The lowest BCUT2D eigenvalue weighted by molar-refractivity contribution is -0.139. The lowest BCUT2D eigenvalue weighted by Crippen LogP contribution is -2.14. The van der Waals surface area contributed by atoms with Gasteiger partial charge < -0.3 is 10.5 Å². The van der Waals surface area contributed by atoms with E-state index in [0.717, 1.165) is 5.69 Å². The molecular weight excluding hydrogens is 224 g/mol. The summed E-state index contributed by atoms with van der Waals surface area (Å²) in [5.74, 6) is 0.105. The molecule has 0 radical (unpaired) electrons. The Morgan fingerprint density at radius 1 is 1.62 bits per heavy atom. The number of pyridine rings is 1. The number of hydrogen-bond acceptors (Lipinski definition) is 5. The third-order valence-electron chi connectivity index (χ3n) is 1.94. The summed E-state index contributed by atoms with van der Waals surface area (Å²) in [5, 5.41) is 0.0469. The highest BCUT2D eigenvalue weighted by Crippen LogP contribution is 2.25. The molecule has 88 valence electrons. The first-order chi connectivity index (χ1) is 7.77. The van der Waals surface area contributed by atoms with Gasteiger partial charge in [-0.3, -0.25) is 9.78 Å². The number of hydrogen-bond donors (Lipinski definition) is 1. The molecule has 1 unspecified atom stereocenters. The van der Waals surface area contributed by atoms with Gasteiger partial charge in [-0.05, 0) is 19.1 Å². The van der Waals surface area contributed by atoms with Crippen molar-refractivity contribution in [3.8, 4) is 0 Å². The van der Waals surface area contributed by atoms with E-state index in [0.29, 0.717) is 18.9 Å². The predicted molar refractivity (Wildman–Crippen MR) is 65.1 cm³/mol. The molecule has 1 heterocycles. The standard InChI is InChI=1S/C11H16N2O2S/c1-2-15-11(14)8-16-10(7-12)9-5-3-4-6-13-9/h3-6,10H,2,7-8,12H2,1H3. The normalized spacial score (nSPS) is 12.1. The number of carbonyl (C=O) groups is 1. The molecule has 5 heteroatoms. The van der Waals surface area contributed by atoms with Crippen molar-refractivity contribution in [3.63, 3.8) is 0 Å². The Hall–Kier alpha value is -1.07. The summed E-state index contributed by atoms with van der Waals surface area (Å²) < 4.78 is 4.85. The van der Waals surface area contributed by atoms with E-state index in [2.05, 4.69) is 4.98 Å². The minimum atomic E-state index is -0.207. The number of thioether (sulfide) groups is 1. The maximum Gasteiger partial charge on any atom is 0.315 e. The fourth-order valence-corrected chi connectivity index (χ4v) is 2.08. The van der Waals surface area contributed by atoms with Crippen LogP contribution in [0, 0.1) is 0 Å². The predicted octanol–water partition coefficient (Wildman–Crippen LogP) is 1.38. The van der Waals surface area contributed by atoms with Gasteiger partial charge in [0.25, 0.3) is 0 Å². The molecule has 0 spiro atoms. The Morgan fingerprint density at radius 2 is 2.44 bits per heavy atom. The first-order valence-electron chi connectivity index (χ1n) is 5.16. The molecule has 0 aliphatic carbocycles. The van der Waals surface area contributed by atoms with Gasteiger partial charge in [0.1, 0.15) is 0 Å². The van der Waals surface area contributed by atoms with Gasteiger partial charge in [-0.1, -0.05) is 6.07 Å². The van der Waals surface area contributed by atoms with Gasteiger partial charge in [-0.2, -0.15) is 0 Å². The Balaban J connectivity index is 2.47. The summed E-state index contributed by atoms with van der Waals surface area (Å²) in [6, 6.07) is 5.68. The maximum absolute atomic E-state index is 11.2. The van der Waals surface area contributed by atoms with Crippen LogP contribution in [0.5, 0.6) is 0 Å². The highest BCUT2D eigenvalue weighted by Gasteiger charge is 2.13. The minimum Gasteiger partial charge on any atom is -0.465 e. The molecule has 0 aliphatic heterocycles. The van der Waals surface area contributed by atoms with Crippen LogP contribution in [0.4, 0.5) is 0 Å². The number of esters is 1. The van der Waals surface area contributed by atoms with Crippen molar-refractivity contribution in [2.75, 3.05) is 18.9 Å². The van der Waals surface area contributed by atoms with Crippen LogP contribution in [0.15, 0.2) is 24.4 Å². The number of carbonyl (C=O) groups excluding carboxylic acids is 1. The summed E-state index contributed by atoms with van der Waals surface area (Å²) in [7, 11) is 0. The van der Waals surface area contributed by atoms with E-state index in [9.17, 15) is 4.79 Å². The van der Waals surface area contributed by atoms with Crippen LogP contribution >= 0.6 is 11.8 Å². The van der Waals surface area contributed by atoms with Crippen LogP contribution in [0.1, 0.15) is 17.9 Å². The molecule has 0 amide bonds. The van der Waals surface area contributed by atoms with Crippen molar-refractivity contribution >= 4 is 17.7 Å². The van der Waals surface area contributed by atoms with Crippen LogP contribution in [0.25, 0.3) is 0 Å². The van der Waals surface area contributed by atoms with Crippen LogP contribution in [-0.2, 0) is 9.53 Å². The molecule has 2 N–H and O–H groups in total. The molecule has 1 rings (SSSR count). The highest BCUT2D eigenvalue weighted by atomic mass is 32.2. The quantitative estimate of drug-likeness (QED) is 0.761. The zero-order chi connectivity index (χ0) is 11.8. The molecule has 0 bridgehead atoms. The largest absolute Gasteiger partial charge is 0.465 e. The Morgan fingerprint density at radius 3 is 3.00 bits per heavy atom. The summed E-state index contributed by atoms with van der Waals surface area (Å²) in [4.78, 5) is 15.4. The molecular formula is C11H16N2O2S. The molecule has 1 atom stereocenters. The molecule has 1 aromatic heterocycles. The first kappa shape index (κ1) is 13.0. The third-order valence-corrected chi connectivity index (χ3v) is 3.18. The molecule has 0 saturated heterocycles. The second-order valence-corrected chi connectivity index (χ2v) is 4.29. The summed E-state index contributed by atoms with van der Waals surface area (Å²) in [6.45, 7) is 2.67. The van der Waals surface area contributed by atoms with Gasteiger partial charge in [-0.25, -0.2) is 0 Å². The van der Waals surface area contributed by atoms with Gasteiger partial charge in [0, 0.05) is 12.7 Å². The zero-order valence-electron chi connectivity index (χ0n) is 9.26. The molecule has 1 aromatic rings. The SMILES string of the molecule is CCOC(=O)CSC(CN)c1ccccn1. The molecule has 16 heavy (non-hydrogen) atoms. The maximum atomic E-state index is 11.2. The average Bonchev–Trinajstić information content (AvgIpc) is 2.31. The van der Waals surface area contributed by atoms with E-state index in [1.165, 1.54) is 11.8 Å². The number of nitrogens with two attached hydrogens (primary N) is 1. The second kappa shape index (κ2) is 7.24. The van der Waals surface area contributed by atoms with E-state index in [1.54, 1.807) is 13.1 Å². The van der Waals surface area contributed by atoms with Gasteiger partial charge in [0.15, 0.2) is 0 Å². The Bertz CT molecular complexity index is 319. The summed E-state index contributed by atoms with van der Waals surface area (Å²) >= 11 is 1.46. The zero-order valence-corrected chi connectivity index (χ0v) is 10.1. The van der Waals surface area contributed by atoms with Crippen LogP contribution in [0.3, 0.4) is 0 Å². The topological polar surface area (TPSA) is 65.2 Å². The summed E-state index contributed by atoms with van der Waals surface area (Å²) in [6.07, 6.45) is 1.73. The smallest absolute Gasteiger partial charge is 0.315 e. The Kier molecular flexibility index (Phi) is 5.88. The monoisotopic (exact) mass is 240 g/mol. The van der Waals surface area contributed by atoms with Crippen molar-refractivity contribution in [1.82, 2.24) is 4.98 Å². The second-order valence-electron chi connectivity index (χ2n) is 3.09. The van der Waals surface area contributed by atoms with Crippen LogP contribution in [-0.4, -0.2) is 29.9 Å².